The zero-order valence-electron chi connectivity index (χ0n) is 12.6. The van der Waals surface area contributed by atoms with Gasteiger partial charge in [-0.05, 0) is 47.3 Å². The highest BCUT2D eigenvalue weighted by atomic mass is 14.2. The highest BCUT2D eigenvalue weighted by Crippen LogP contribution is 2.27. The van der Waals surface area contributed by atoms with Gasteiger partial charge in [0.2, 0.25) is 0 Å². The van der Waals surface area contributed by atoms with Gasteiger partial charge in [-0.15, -0.1) is 0 Å². The number of hydrogen-bond acceptors (Lipinski definition) is 0. The SMILES string of the molecule is Cc1cc(CCC(C)(C)C)ccc1C(C)(C)C. The van der Waals surface area contributed by atoms with Crippen molar-refractivity contribution in [1.29, 1.82) is 0 Å². The van der Waals surface area contributed by atoms with Crippen molar-refractivity contribution in [3.05, 3.63) is 34.9 Å². The summed E-state index contributed by atoms with van der Waals surface area (Å²) in [6.45, 7) is 16.0. The van der Waals surface area contributed by atoms with Gasteiger partial charge in [0.1, 0.15) is 0 Å². The minimum Gasteiger partial charge on any atom is -0.0602 e. The maximum Gasteiger partial charge on any atom is -0.0129 e. The van der Waals surface area contributed by atoms with E-state index in [1.165, 1.54) is 29.5 Å². The quantitative estimate of drug-likeness (QED) is 0.651. The van der Waals surface area contributed by atoms with Crippen LogP contribution in [0.15, 0.2) is 18.2 Å². The molecule has 1 aromatic rings. The second kappa shape index (κ2) is 4.84. The van der Waals surface area contributed by atoms with E-state index in [2.05, 4.69) is 66.7 Å². The van der Waals surface area contributed by atoms with Crippen LogP contribution in [0, 0.1) is 12.3 Å². The molecule has 0 aliphatic carbocycles. The Labute approximate surface area is 107 Å². The van der Waals surface area contributed by atoms with E-state index in [0.717, 1.165) is 0 Å². The zero-order valence-corrected chi connectivity index (χ0v) is 12.6. The molecule has 0 heterocycles. The molecule has 0 fully saturated rings. The van der Waals surface area contributed by atoms with E-state index >= 15 is 0 Å². The lowest BCUT2D eigenvalue weighted by Gasteiger charge is -2.23. The molecule has 1 rings (SSSR count). The van der Waals surface area contributed by atoms with Crippen LogP contribution in [-0.2, 0) is 11.8 Å². The molecule has 0 aromatic heterocycles. The van der Waals surface area contributed by atoms with E-state index < -0.39 is 0 Å². The van der Waals surface area contributed by atoms with E-state index in [0.29, 0.717) is 5.41 Å². The predicted molar refractivity (Wildman–Crippen MR) is 77.7 cm³/mol. The van der Waals surface area contributed by atoms with Crippen LogP contribution in [0.3, 0.4) is 0 Å². The van der Waals surface area contributed by atoms with Gasteiger partial charge in [-0.3, -0.25) is 0 Å². The van der Waals surface area contributed by atoms with Crippen molar-refractivity contribution in [2.24, 2.45) is 5.41 Å². The lowest BCUT2D eigenvalue weighted by molar-refractivity contribution is 0.378. The third-order valence-corrected chi connectivity index (χ3v) is 3.26. The topological polar surface area (TPSA) is 0 Å². The van der Waals surface area contributed by atoms with Crippen LogP contribution in [0.2, 0.25) is 0 Å². The lowest BCUT2D eigenvalue weighted by atomic mass is 9.82. The standard InChI is InChI=1S/C17H28/c1-13-12-14(10-11-16(2,3)4)8-9-15(13)17(5,6)7/h8-9,12H,10-11H2,1-7H3. The van der Waals surface area contributed by atoms with Crippen LogP contribution in [-0.4, -0.2) is 0 Å². The van der Waals surface area contributed by atoms with Crippen LogP contribution in [0.4, 0.5) is 0 Å². The van der Waals surface area contributed by atoms with Gasteiger partial charge in [0.05, 0.1) is 0 Å². The van der Waals surface area contributed by atoms with Crippen LogP contribution in [0.5, 0.6) is 0 Å². The Kier molecular flexibility index (Phi) is 4.06. The summed E-state index contributed by atoms with van der Waals surface area (Å²) in [7, 11) is 0. The molecule has 0 spiro atoms. The molecule has 0 aliphatic heterocycles. The van der Waals surface area contributed by atoms with Gasteiger partial charge in [0, 0.05) is 0 Å². The molecule has 17 heavy (non-hydrogen) atoms. The van der Waals surface area contributed by atoms with Gasteiger partial charge in [-0.25, -0.2) is 0 Å². The second-order valence-electron chi connectivity index (χ2n) is 7.46. The Morgan fingerprint density at radius 1 is 0.941 bits per heavy atom. The lowest BCUT2D eigenvalue weighted by Crippen LogP contribution is -2.13. The predicted octanol–water partition coefficient (Wildman–Crippen LogP) is 5.27. The minimum absolute atomic E-state index is 0.257. The summed E-state index contributed by atoms with van der Waals surface area (Å²) in [6, 6.07) is 6.99. The van der Waals surface area contributed by atoms with Gasteiger partial charge in [-0.2, -0.15) is 0 Å². The molecular weight excluding hydrogens is 204 g/mol. The second-order valence-corrected chi connectivity index (χ2v) is 7.46. The molecule has 0 bridgehead atoms. The fraction of sp³-hybridized carbons (Fsp3) is 0.647. The molecule has 0 heteroatoms. The van der Waals surface area contributed by atoms with Crippen molar-refractivity contribution >= 4 is 0 Å². The first-order chi connectivity index (χ1) is 7.59. The Bertz CT molecular complexity index is 372. The summed E-state index contributed by atoms with van der Waals surface area (Å²) in [5.74, 6) is 0. The van der Waals surface area contributed by atoms with E-state index in [-0.39, 0.29) is 5.41 Å². The molecule has 0 amide bonds. The van der Waals surface area contributed by atoms with Gasteiger partial charge in [0.15, 0.2) is 0 Å². The number of benzene rings is 1. The Balaban J connectivity index is 2.83. The molecule has 0 saturated carbocycles. The molecule has 1 aromatic carbocycles. The fourth-order valence-electron chi connectivity index (χ4n) is 2.24. The van der Waals surface area contributed by atoms with Crippen molar-refractivity contribution in [2.45, 2.75) is 66.7 Å². The van der Waals surface area contributed by atoms with Crippen molar-refractivity contribution in [3.8, 4) is 0 Å². The highest BCUT2D eigenvalue weighted by Gasteiger charge is 2.16. The van der Waals surface area contributed by atoms with E-state index in [9.17, 15) is 0 Å². The molecule has 0 N–H and O–H groups in total. The smallest absolute Gasteiger partial charge is 0.0129 e. The summed E-state index contributed by atoms with van der Waals surface area (Å²) in [5, 5.41) is 0. The Hall–Kier alpha value is -0.780. The van der Waals surface area contributed by atoms with Crippen LogP contribution >= 0.6 is 0 Å². The summed E-state index contributed by atoms with van der Waals surface area (Å²) in [5.41, 5.74) is 5.06. The average molecular weight is 232 g/mol. The molecule has 0 radical (unpaired) electrons. The normalized spacial score (nSPS) is 12.9. The molecule has 96 valence electrons. The first-order valence-electron chi connectivity index (χ1n) is 6.70. The third kappa shape index (κ3) is 4.53. The number of aryl methyl sites for hydroxylation is 2. The molecule has 0 saturated heterocycles. The van der Waals surface area contributed by atoms with Crippen LogP contribution in [0.25, 0.3) is 0 Å². The van der Waals surface area contributed by atoms with Crippen LogP contribution < -0.4 is 0 Å². The van der Waals surface area contributed by atoms with Crippen molar-refractivity contribution in [2.75, 3.05) is 0 Å². The third-order valence-electron chi connectivity index (χ3n) is 3.26. The first-order valence-corrected chi connectivity index (χ1v) is 6.70. The first kappa shape index (κ1) is 14.3. The van der Waals surface area contributed by atoms with Crippen molar-refractivity contribution in [1.82, 2.24) is 0 Å². The van der Waals surface area contributed by atoms with Gasteiger partial charge in [0.25, 0.3) is 0 Å². The van der Waals surface area contributed by atoms with E-state index in [1.54, 1.807) is 0 Å². The zero-order chi connectivity index (χ0) is 13.3. The summed E-state index contributed by atoms with van der Waals surface area (Å²) in [6.07, 6.45) is 2.44. The molecule has 0 aliphatic rings. The number of hydrogen-bond donors (Lipinski definition) is 0. The van der Waals surface area contributed by atoms with Gasteiger partial charge < -0.3 is 0 Å². The minimum atomic E-state index is 0.257. The molecular formula is C17H28. The molecule has 0 nitrogen and oxygen atoms in total. The fourth-order valence-corrected chi connectivity index (χ4v) is 2.24. The molecule has 0 atom stereocenters. The highest BCUT2D eigenvalue weighted by molar-refractivity contribution is 5.35. The summed E-state index contributed by atoms with van der Waals surface area (Å²) >= 11 is 0. The summed E-state index contributed by atoms with van der Waals surface area (Å²) < 4.78 is 0. The van der Waals surface area contributed by atoms with E-state index in [1.807, 2.05) is 0 Å². The Morgan fingerprint density at radius 3 is 1.94 bits per heavy atom. The van der Waals surface area contributed by atoms with Crippen LogP contribution in [0.1, 0.15) is 64.7 Å². The maximum absolute atomic E-state index is 2.37. The monoisotopic (exact) mass is 232 g/mol. The molecule has 0 unspecified atom stereocenters. The maximum atomic E-state index is 2.37. The van der Waals surface area contributed by atoms with Crippen molar-refractivity contribution < 1.29 is 0 Å². The number of rotatable bonds is 2. The average Bonchev–Trinajstić information content (AvgIpc) is 2.11. The largest absolute Gasteiger partial charge is 0.0602 e. The Morgan fingerprint density at radius 2 is 1.53 bits per heavy atom. The van der Waals surface area contributed by atoms with Gasteiger partial charge in [-0.1, -0.05) is 59.7 Å². The van der Waals surface area contributed by atoms with Gasteiger partial charge >= 0.3 is 0 Å². The van der Waals surface area contributed by atoms with E-state index in [4.69, 9.17) is 0 Å². The van der Waals surface area contributed by atoms with Crippen molar-refractivity contribution in [3.63, 3.8) is 0 Å². The summed E-state index contributed by atoms with van der Waals surface area (Å²) in [4.78, 5) is 0.